The van der Waals surface area contributed by atoms with Gasteiger partial charge in [-0.15, -0.1) is 0 Å². The molecule has 0 unspecified atom stereocenters. The van der Waals surface area contributed by atoms with E-state index < -0.39 is 0 Å². The Morgan fingerprint density at radius 2 is 1.82 bits per heavy atom. The first-order valence-electron chi connectivity index (χ1n) is 4.05. The van der Waals surface area contributed by atoms with Crippen molar-refractivity contribution in [2.24, 2.45) is 5.92 Å². The van der Waals surface area contributed by atoms with E-state index in [-0.39, 0.29) is 0 Å². The molecule has 0 bridgehead atoms. The largest absolute Gasteiger partial charge is 0.308 e. The monoisotopic (exact) mass is 153 g/mol. The molecular formula is C10H19N. The minimum atomic E-state index is 0.431. The fourth-order valence-electron chi connectivity index (χ4n) is 0.543. The fraction of sp³-hybridized carbons (Fsp3) is 0.500. The SMILES string of the molecule is C=C/C=C(\C=N)C(C)C.CC. The van der Waals surface area contributed by atoms with E-state index in [1.807, 2.05) is 19.9 Å². The van der Waals surface area contributed by atoms with Crippen molar-refractivity contribution in [3.63, 3.8) is 0 Å². The number of hydrogen-bond acceptors (Lipinski definition) is 1. The van der Waals surface area contributed by atoms with Crippen LogP contribution < -0.4 is 0 Å². The molecule has 0 aromatic rings. The highest BCUT2D eigenvalue weighted by molar-refractivity contribution is 5.76. The molecule has 0 aliphatic carbocycles. The summed E-state index contributed by atoms with van der Waals surface area (Å²) in [5.74, 6) is 0.431. The van der Waals surface area contributed by atoms with Gasteiger partial charge in [0.05, 0.1) is 0 Å². The topological polar surface area (TPSA) is 23.9 Å². The van der Waals surface area contributed by atoms with E-state index in [2.05, 4.69) is 20.4 Å². The number of hydrogen-bond donors (Lipinski definition) is 1. The molecule has 0 fully saturated rings. The summed E-state index contributed by atoms with van der Waals surface area (Å²) < 4.78 is 0. The van der Waals surface area contributed by atoms with Gasteiger partial charge in [-0.3, -0.25) is 0 Å². The van der Waals surface area contributed by atoms with Crippen LogP contribution >= 0.6 is 0 Å². The molecule has 0 spiro atoms. The maximum absolute atomic E-state index is 6.95. The highest BCUT2D eigenvalue weighted by Crippen LogP contribution is 2.05. The van der Waals surface area contributed by atoms with E-state index >= 15 is 0 Å². The lowest BCUT2D eigenvalue weighted by Crippen LogP contribution is -1.93. The Balaban J connectivity index is 0. The fourth-order valence-corrected chi connectivity index (χ4v) is 0.543. The van der Waals surface area contributed by atoms with Gasteiger partial charge >= 0.3 is 0 Å². The van der Waals surface area contributed by atoms with Gasteiger partial charge in [-0.1, -0.05) is 46.4 Å². The summed E-state index contributed by atoms with van der Waals surface area (Å²) >= 11 is 0. The minimum Gasteiger partial charge on any atom is -0.308 e. The molecule has 0 atom stereocenters. The van der Waals surface area contributed by atoms with Gasteiger partial charge in [0.25, 0.3) is 0 Å². The molecule has 0 heterocycles. The Labute approximate surface area is 70.3 Å². The Hall–Kier alpha value is -0.850. The molecule has 0 saturated carbocycles. The maximum atomic E-state index is 6.95. The van der Waals surface area contributed by atoms with Gasteiger partial charge in [-0.25, -0.2) is 0 Å². The zero-order valence-corrected chi connectivity index (χ0v) is 8.02. The lowest BCUT2D eigenvalue weighted by atomic mass is 10.0. The molecule has 0 saturated heterocycles. The van der Waals surface area contributed by atoms with Crippen molar-refractivity contribution in [1.29, 1.82) is 5.41 Å². The van der Waals surface area contributed by atoms with Gasteiger partial charge in [-0.05, 0) is 11.5 Å². The summed E-state index contributed by atoms with van der Waals surface area (Å²) in [6.45, 7) is 11.7. The molecule has 0 rings (SSSR count). The standard InChI is InChI=1S/C8H13N.C2H6/c1-4-5-8(6-9)7(2)3;1-2/h4-7,9H,1H2,2-3H3;1-2H3/b8-5+,9-6?;. The summed E-state index contributed by atoms with van der Waals surface area (Å²) in [5.41, 5.74) is 1.02. The minimum absolute atomic E-state index is 0.431. The summed E-state index contributed by atoms with van der Waals surface area (Å²) in [7, 11) is 0. The molecule has 1 nitrogen and oxygen atoms in total. The van der Waals surface area contributed by atoms with Crippen LogP contribution in [0.3, 0.4) is 0 Å². The first-order chi connectivity index (χ1) is 5.22. The van der Waals surface area contributed by atoms with Gasteiger partial charge < -0.3 is 5.41 Å². The lowest BCUT2D eigenvalue weighted by molar-refractivity contribution is 0.806. The van der Waals surface area contributed by atoms with Gasteiger partial charge in [0.2, 0.25) is 0 Å². The van der Waals surface area contributed by atoms with Crippen LogP contribution in [0.15, 0.2) is 24.3 Å². The number of allylic oxidation sites excluding steroid dienone is 3. The van der Waals surface area contributed by atoms with Crippen molar-refractivity contribution < 1.29 is 0 Å². The normalized spacial score (nSPS) is 10.1. The second-order valence-corrected chi connectivity index (χ2v) is 2.20. The molecule has 1 heteroatoms. The van der Waals surface area contributed by atoms with E-state index in [0.717, 1.165) is 5.57 Å². The van der Waals surface area contributed by atoms with Crippen molar-refractivity contribution in [2.45, 2.75) is 27.7 Å². The first kappa shape index (κ1) is 12.8. The van der Waals surface area contributed by atoms with E-state index in [1.165, 1.54) is 6.21 Å². The first-order valence-corrected chi connectivity index (χ1v) is 4.05. The Kier molecular flexibility index (Phi) is 10.6. The third-order valence-corrected chi connectivity index (χ3v) is 1.14. The molecule has 64 valence electrons. The average Bonchev–Trinajstić information content (AvgIpc) is 2.03. The molecule has 0 aromatic carbocycles. The molecular weight excluding hydrogens is 134 g/mol. The van der Waals surface area contributed by atoms with Crippen LogP contribution in [-0.4, -0.2) is 6.21 Å². The maximum Gasteiger partial charge on any atom is 0.0212 e. The second kappa shape index (κ2) is 9.15. The number of rotatable bonds is 3. The molecule has 0 aliphatic rings. The van der Waals surface area contributed by atoms with Crippen LogP contribution in [0.2, 0.25) is 0 Å². The van der Waals surface area contributed by atoms with Gasteiger partial charge in [0.15, 0.2) is 0 Å². The van der Waals surface area contributed by atoms with Crippen molar-refractivity contribution >= 4 is 6.21 Å². The highest BCUT2D eigenvalue weighted by Gasteiger charge is 1.95. The van der Waals surface area contributed by atoms with Crippen LogP contribution in [0.4, 0.5) is 0 Å². The summed E-state index contributed by atoms with van der Waals surface area (Å²) in [5, 5.41) is 6.95. The van der Waals surface area contributed by atoms with Crippen LogP contribution in [0.25, 0.3) is 0 Å². The van der Waals surface area contributed by atoms with Crippen molar-refractivity contribution in [2.75, 3.05) is 0 Å². The average molecular weight is 153 g/mol. The molecule has 11 heavy (non-hydrogen) atoms. The van der Waals surface area contributed by atoms with E-state index in [9.17, 15) is 0 Å². The van der Waals surface area contributed by atoms with Crippen molar-refractivity contribution in [3.05, 3.63) is 24.3 Å². The third kappa shape index (κ3) is 7.04. The molecule has 0 aliphatic heterocycles. The predicted molar refractivity (Wildman–Crippen MR) is 53.2 cm³/mol. The predicted octanol–water partition coefficient (Wildman–Crippen LogP) is 3.43. The van der Waals surface area contributed by atoms with Crippen LogP contribution in [0.1, 0.15) is 27.7 Å². The van der Waals surface area contributed by atoms with E-state index in [1.54, 1.807) is 6.08 Å². The Bertz CT molecular complexity index is 132. The van der Waals surface area contributed by atoms with Crippen LogP contribution in [-0.2, 0) is 0 Å². The van der Waals surface area contributed by atoms with E-state index in [0.29, 0.717) is 5.92 Å². The highest BCUT2D eigenvalue weighted by atomic mass is 14.3. The second-order valence-electron chi connectivity index (χ2n) is 2.20. The molecule has 1 N–H and O–H groups in total. The zero-order valence-electron chi connectivity index (χ0n) is 8.02. The zero-order chi connectivity index (χ0) is 9.28. The van der Waals surface area contributed by atoms with Crippen molar-refractivity contribution in [1.82, 2.24) is 0 Å². The smallest absolute Gasteiger partial charge is 0.0212 e. The quantitative estimate of drug-likeness (QED) is 0.474. The summed E-state index contributed by atoms with van der Waals surface area (Å²) in [6.07, 6.45) is 4.93. The van der Waals surface area contributed by atoms with E-state index in [4.69, 9.17) is 5.41 Å². The summed E-state index contributed by atoms with van der Waals surface area (Å²) in [4.78, 5) is 0. The van der Waals surface area contributed by atoms with Gasteiger partial charge in [0.1, 0.15) is 0 Å². The lowest BCUT2D eigenvalue weighted by Gasteiger charge is -2.01. The van der Waals surface area contributed by atoms with Gasteiger partial charge in [-0.2, -0.15) is 0 Å². The van der Waals surface area contributed by atoms with Crippen LogP contribution in [0.5, 0.6) is 0 Å². The van der Waals surface area contributed by atoms with Crippen molar-refractivity contribution in [3.8, 4) is 0 Å². The van der Waals surface area contributed by atoms with Crippen LogP contribution in [0, 0.1) is 11.3 Å². The molecule has 0 radical (unpaired) electrons. The third-order valence-electron chi connectivity index (χ3n) is 1.14. The Morgan fingerprint density at radius 3 is 1.91 bits per heavy atom. The summed E-state index contributed by atoms with van der Waals surface area (Å²) in [6, 6.07) is 0. The number of nitrogens with one attached hydrogen (secondary N) is 1. The van der Waals surface area contributed by atoms with Gasteiger partial charge in [0, 0.05) is 6.21 Å². The molecule has 0 amide bonds. The Morgan fingerprint density at radius 1 is 1.36 bits per heavy atom. The molecule has 0 aromatic heterocycles.